The van der Waals surface area contributed by atoms with Gasteiger partial charge < -0.3 is 19.6 Å². The lowest BCUT2D eigenvalue weighted by atomic mass is 9.98. The number of rotatable bonds is 4. The van der Waals surface area contributed by atoms with E-state index in [1.165, 1.54) is 9.80 Å². The van der Waals surface area contributed by atoms with Gasteiger partial charge in [-0.05, 0) is 37.3 Å². The lowest BCUT2D eigenvalue weighted by Gasteiger charge is -2.30. The van der Waals surface area contributed by atoms with Gasteiger partial charge in [0.2, 0.25) is 11.8 Å². The van der Waals surface area contributed by atoms with Gasteiger partial charge in [0.25, 0.3) is 5.91 Å². The molecular formula is C20H23N3O6. The first-order valence-corrected chi connectivity index (χ1v) is 9.81. The van der Waals surface area contributed by atoms with Gasteiger partial charge in [-0.1, -0.05) is 6.07 Å². The van der Waals surface area contributed by atoms with Crippen molar-refractivity contribution in [1.29, 1.82) is 0 Å². The molecule has 9 heteroatoms. The fraction of sp³-hybridized carbons (Fsp3) is 0.500. The third-order valence-electron chi connectivity index (χ3n) is 5.90. The number of nitrogens with zero attached hydrogens (tertiary/aromatic N) is 2. The van der Waals surface area contributed by atoms with Gasteiger partial charge in [-0.3, -0.25) is 19.7 Å². The SMILES string of the molecule is O=C1CCC(N2Cc3c(OCC4CCN(C(=O)O)CC4)cccc3C2=O)C(=O)N1. The van der Waals surface area contributed by atoms with E-state index >= 15 is 0 Å². The first-order valence-electron chi connectivity index (χ1n) is 9.81. The summed E-state index contributed by atoms with van der Waals surface area (Å²) in [6.45, 7) is 1.72. The Morgan fingerprint density at radius 3 is 2.62 bits per heavy atom. The fourth-order valence-electron chi connectivity index (χ4n) is 4.19. The van der Waals surface area contributed by atoms with Crippen LogP contribution in [-0.4, -0.2) is 64.5 Å². The Labute approximate surface area is 167 Å². The summed E-state index contributed by atoms with van der Waals surface area (Å²) < 4.78 is 6.01. The van der Waals surface area contributed by atoms with Gasteiger partial charge in [0.15, 0.2) is 0 Å². The number of hydrogen-bond donors (Lipinski definition) is 2. The number of benzene rings is 1. The van der Waals surface area contributed by atoms with Crippen molar-refractivity contribution < 1.29 is 29.0 Å². The van der Waals surface area contributed by atoms with Crippen molar-refractivity contribution in [3.05, 3.63) is 29.3 Å². The van der Waals surface area contributed by atoms with Gasteiger partial charge in [0.1, 0.15) is 11.8 Å². The Kier molecular flexibility index (Phi) is 5.12. The van der Waals surface area contributed by atoms with E-state index in [4.69, 9.17) is 9.84 Å². The predicted octanol–water partition coefficient (Wildman–Crippen LogP) is 1.22. The molecular weight excluding hydrogens is 378 g/mol. The number of piperidine rings is 2. The summed E-state index contributed by atoms with van der Waals surface area (Å²) in [4.78, 5) is 50.3. The maximum absolute atomic E-state index is 12.8. The standard InChI is InChI=1S/C20H23N3O6/c24-17-5-4-15(18(25)21-17)23-10-14-13(19(23)26)2-1-3-16(14)29-11-12-6-8-22(9-7-12)20(27)28/h1-3,12,15H,4-11H2,(H,27,28)(H,21,24,25). The van der Waals surface area contributed by atoms with Gasteiger partial charge in [-0.15, -0.1) is 0 Å². The van der Waals surface area contributed by atoms with Gasteiger partial charge in [0, 0.05) is 30.6 Å². The normalized spacial score (nSPS) is 22.5. The second-order valence-corrected chi connectivity index (χ2v) is 7.71. The van der Waals surface area contributed by atoms with Crippen molar-refractivity contribution in [3.8, 4) is 5.75 Å². The Balaban J connectivity index is 1.41. The van der Waals surface area contributed by atoms with Crippen molar-refractivity contribution >= 4 is 23.8 Å². The van der Waals surface area contributed by atoms with Crippen LogP contribution in [0.4, 0.5) is 4.79 Å². The fourth-order valence-corrected chi connectivity index (χ4v) is 4.19. The third-order valence-corrected chi connectivity index (χ3v) is 5.90. The number of imide groups is 1. The zero-order valence-corrected chi connectivity index (χ0v) is 15.9. The lowest BCUT2D eigenvalue weighted by Crippen LogP contribution is -2.52. The molecule has 1 aromatic carbocycles. The molecule has 4 rings (SSSR count). The Hall–Kier alpha value is -3.10. The van der Waals surface area contributed by atoms with Crippen LogP contribution >= 0.6 is 0 Å². The van der Waals surface area contributed by atoms with Crippen molar-refractivity contribution in [2.24, 2.45) is 5.92 Å². The van der Waals surface area contributed by atoms with Crippen LogP contribution < -0.4 is 10.1 Å². The molecule has 0 aromatic heterocycles. The van der Waals surface area contributed by atoms with Crippen LogP contribution in [0.25, 0.3) is 0 Å². The summed E-state index contributed by atoms with van der Waals surface area (Å²) >= 11 is 0. The largest absolute Gasteiger partial charge is 0.493 e. The molecule has 4 amide bonds. The van der Waals surface area contributed by atoms with E-state index in [-0.39, 0.29) is 30.7 Å². The molecule has 154 valence electrons. The molecule has 0 spiro atoms. The monoisotopic (exact) mass is 401 g/mol. The van der Waals surface area contributed by atoms with E-state index in [9.17, 15) is 19.2 Å². The quantitative estimate of drug-likeness (QED) is 0.733. The molecule has 1 atom stereocenters. The Morgan fingerprint density at radius 1 is 1.17 bits per heavy atom. The minimum atomic E-state index is -0.891. The number of ether oxygens (including phenoxy) is 1. The number of amides is 4. The van der Waals surface area contributed by atoms with Crippen molar-refractivity contribution in [2.45, 2.75) is 38.3 Å². The summed E-state index contributed by atoms with van der Waals surface area (Å²) in [5.41, 5.74) is 1.28. The first-order chi connectivity index (χ1) is 13.9. The number of carbonyl (C=O) groups excluding carboxylic acids is 3. The third kappa shape index (κ3) is 3.76. The number of nitrogens with one attached hydrogen (secondary N) is 1. The van der Waals surface area contributed by atoms with Gasteiger partial charge in [-0.2, -0.15) is 0 Å². The van der Waals surface area contributed by atoms with Crippen molar-refractivity contribution in [3.63, 3.8) is 0 Å². The van der Waals surface area contributed by atoms with Gasteiger partial charge in [0.05, 0.1) is 13.2 Å². The first kappa shape index (κ1) is 19.2. The minimum absolute atomic E-state index is 0.217. The van der Waals surface area contributed by atoms with Gasteiger partial charge in [-0.25, -0.2) is 4.79 Å². The van der Waals surface area contributed by atoms with Crippen LogP contribution in [0, 0.1) is 5.92 Å². The molecule has 2 saturated heterocycles. The molecule has 2 N–H and O–H groups in total. The number of fused-ring (bicyclic) bond motifs is 1. The van der Waals surface area contributed by atoms with Crippen molar-refractivity contribution in [2.75, 3.05) is 19.7 Å². The highest BCUT2D eigenvalue weighted by Crippen LogP contribution is 2.34. The summed E-state index contributed by atoms with van der Waals surface area (Å²) in [7, 11) is 0. The highest BCUT2D eigenvalue weighted by atomic mass is 16.5. The van der Waals surface area contributed by atoms with E-state index in [2.05, 4.69) is 5.32 Å². The molecule has 1 unspecified atom stereocenters. The van der Waals surface area contributed by atoms with Gasteiger partial charge >= 0.3 is 6.09 Å². The zero-order valence-electron chi connectivity index (χ0n) is 15.9. The molecule has 0 aliphatic carbocycles. The molecule has 0 bridgehead atoms. The summed E-state index contributed by atoms with van der Waals surface area (Å²) in [6.07, 6.45) is 1.13. The molecule has 1 aromatic rings. The van der Waals surface area contributed by atoms with Crippen LogP contribution in [0.15, 0.2) is 18.2 Å². The molecule has 3 aliphatic heterocycles. The number of likely N-dealkylation sites (tertiary alicyclic amines) is 1. The molecule has 29 heavy (non-hydrogen) atoms. The average molecular weight is 401 g/mol. The zero-order chi connectivity index (χ0) is 20.5. The van der Waals surface area contributed by atoms with Crippen LogP contribution in [0.3, 0.4) is 0 Å². The van der Waals surface area contributed by atoms with E-state index in [1.54, 1.807) is 12.1 Å². The molecule has 9 nitrogen and oxygen atoms in total. The summed E-state index contributed by atoms with van der Waals surface area (Å²) in [5.74, 6) is -0.103. The van der Waals surface area contributed by atoms with E-state index in [0.717, 1.165) is 18.4 Å². The van der Waals surface area contributed by atoms with E-state index < -0.39 is 18.0 Å². The van der Waals surface area contributed by atoms with E-state index in [0.29, 0.717) is 37.4 Å². The molecule has 2 fully saturated rings. The average Bonchev–Trinajstić information content (AvgIpc) is 3.04. The maximum atomic E-state index is 12.8. The molecule has 3 aliphatic rings. The second kappa shape index (κ2) is 7.73. The van der Waals surface area contributed by atoms with Crippen molar-refractivity contribution in [1.82, 2.24) is 15.1 Å². The summed E-state index contributed by atoms with van der Waals surface area (Å²) in [6, 6.07) is 4.64. The lowest BCUT2D eigenvalue weighted by molar-refractivity contribution is -0.136. The highest BCUT2D eigenvalue weighted by Gasteiger charge is 2.40. The molecule has 3 heterocycles. The number of hydrogen-bond acceptors (Lipinski definition) is 5. The summed E-state index contributed by atoms with van der Waals surface area (Å²) in [5, 5.41) is 11.3. The van der Waals surface area contributed by atoms with Crippen LogP contribution in [0.1, 0.15) is 41.6 Å². The maximum Gasteiger partial charge on any atom is 0.407 e. The highest BCUT2D eigenvalue weighted by molar-refractivity contribution is 6.05. The second-order valence-electron chi connectivity index (χ2n) is 7.71. The number of carbonyl (C=O) groups is 4. The van der Waals surface area contributed by atoms with E-state index in [1.807, 2.05) is 6.07 Å². The number of carboxylic acid groups (broad SMARTS) is 1. The van der Waals surface area contributed by atoms with Crippen LogP contribution in [-0.2, 0) is 16.1 Å². The molecule has 0 radical (unpaired) electrons. The molecule has 0 saturated carbocycles. The Bertz CT molecular complexity index is 862. The Morgan fingerprint density at radius 2 is 1.93 bits per heavy atom. The van der Waals surface area contributed by atoms with Crippen LogP contribution in [0.2, 0.25) is 0 Å². The van der Waals surface area contributed by atoms with Crippen LogP contribution in [0.5, 0.6) is 5.75 Å². The predicted molar refractivity (Wildman–Crippen MR) is 100 cm³/mol. The minimum Gasteiger partial charge on any atom is -0.493 e. The topological polar surface area (TPSA) is 116 Å². The smallest absolute Gasteiger partial charge is 0.407 e.